The second-order valence-electron chi connectivity index (χ2n) is 5.67. The van der Waals surface area contributed by atoms with Crippen molar-refractivity contribution in [3.63, 3.8) is 0 Å². The predicted octanol–water partition coefficient (Wildman–Crippen LogP) is 3.83. The number of aryl methyl sites for hydroxylation is 1. The third-order valence-corrected chi connectivity index (χ3v) is 7.68. The summed E-state index contributed by atoms with van der Waals surface area (Å²) in [6.45, 7) is 1.97. The third kappa shape index (κ3) is 4.91. The lowest BCUT2D eigenvalue weighted by atomic mass is 10.1. The van der Waals surface area contributed by atoms with Crippen LogP contribution in [-0.4, -0.2) is 35.6 Å². The lowest BCUT2D eigenvalue weighted by molar-refractivity contribution is 0.600. The molecule has 2 aliphatic rings. The molecule has 4 nitrogen and oxygen atoms in total. The number of hydrogen-bond donors (Lipinski definition) is 1. The number of rotatable bonds is 7. The highest BCUT2D eigenvalue weighted by Gasteiger charge is 2.26. The number of aliphatic imine (C=N–C) groups is 1. The molecule has 0 amide bonds. The molecule has 7 heteroatoms. The van der Waals surface area contributed by atoms with Gasteiger partial charge in [-0.05, 0) is 37.3 Å². The Hall–Kier alpha value is -1.18. The SMILES string of the molecule is Cc1ccc(NS(=O)(=O)CCCSC2N=C3C=CC=CC3S2)cc1. The van der Waals surface area contributed by atoms with Crippen molar-refractivity contribution in [1.82, 2.24) is 0 Å². The number of sulfonamides is 1. The highest BCUT2D eigenvalue weighted by Crippen LogP contribution is 2.37. The van der Waals surface area contributed by atoms with Crippen LogP contribution in [0.2, 0.25) is 0 Å². The summed E-state index contributed by atoms with van der Waals surface area (Å²) in [5.41, 5.74) is 2.84. The van der Waals surface area contributed by atoms with Crippen molar-refractivity contribution in [2.45, 2.75) is 23.3 Å². The Labute approximate surface area is 152 Å². The summed E-state index contributed by atoms with van der Waals surface area (Å²) in [7, 11) is -3.29. The van der Waals surface area contributed by atoms with E-state index in [9.17, 15) is 8.42 Å². The zero-order chi connectivity index (χ0) is 17.0. The number of thioether (sulfide) groups is 2. The van der Waals surface area contributed by atoms with Gasteiger partial charge in [0.1, 0.15) is 4.71 Å². The van der Waals surface area contributed by atoms with Crippen LogP contribution in [0.25, 0.3) is 0 Å². The van der Waals surface area contributed by atoms with E-state index in [2.05, 4.69) is 15.8 Å². The molecule has 2 unspecified atom stereocenters. The maximum atomic E-state index is 12.1. The van der Waals surface area contributed by atoms with Crippen LogP contribution in [-0.2, 0) is 10.0 Å². The monoisotopic (exact) mass is 380 g/mol. The number of anilines is 1. The van der Waals surface area contributed by atoms with E-state index in [1.807, 2.05) is 49.0 Å². The molecule has 3 rings (SSSR count). The van der Waals surface area contributed by atoms with E-state index < -0.39 is 10.0 Å². The van der Waals surface area contributed by atoms with Crippen LogP contribution < -0.4 is 4.72 Å². The first kappa shape index (κ1) is 17.6. The minimum Gasteiger partial charge on any atom is -0.284 e. The Bertz CT molecular complexity index is 768. The molecule has 128 valence electrons. The minimum absolute atomic E-state index is 0.130. The molecule has 24 heavy (non-hydrogen) atoms. The zero-order valence-corrected chi connectivity index (χ0v) is 15.8. The molecule has 1 aromatic rings. The summed E-state index contributed by atoms with van der Waals surface area (Å²) in [6, 6.07) is 7.37. The summed E-state index contributed by atoms with van der Waals surface area (Å²) < 4.78 is 27.0. The summed E-state index contributed by atoms with van der Waals surface area (Å²) in [6.07, 6.45) is 8.87. The van der Waals surface area contributed by atoms with Gasteiger partial charge in [0.2, 0.25) is 10.0 Å². The van der Waals surface area contributed by atoms with Gasteiger partial charge in [-0.3, -0.25) is 9.71 Å². The first-order valence-electron chi connectivity index (χ1n) is 7.79. The lowest BCUT2D eigenvalue weighted by Crippen LogP contribution is -2.17. The first-order valence-corrected chi connectivity index (χ1v) is 11.4. The Morgan fingerprint density at radius 1 is 1.25 bits per heavy atom. The van der Waals surface area contributed by atoms with E-state index in [1.165, 1.54) is 0 Å². The second-order valence-corrected chi connectivity index (χ2v) is 10.2. The maximum Gasteiger partial charge on any atom is 0.232 e. The van der Waals surface area contributed by atoms with Crippen molar-refractivity contribution in [3.8, 4) is 0 Å². The van der Waals surface area contributed by atoms with E-state index in [0.717, 1.165) is 17.0 Å². The molecule has 2 atom stereocenters. The van der Waals surface area contributed by atoms with Gasteiger partial charge in [-0.15, -0.1) is 23.5 Å². The lowest BCUT2D eigenvalue weighted by Gasteiger charge is -2.10. The van der Waals surface area contributed by atoms with Crippen LogP contribution in [0.15, 0.2) is 53.6 Å². The molecule has 0 saturated heterocycles. The van der Waals surface area contributed by atoms with Crippen LogP contribution in [0.4, 0.5) is 5.69 Å². The molecule has 1 N–H and O–H groups in total. The normalized spacial score (nSPS) is 22.3. The van der Waals surface area contributed by atoms with Crippen molar-refractivity contribution < 1.29 is 8.42 Å². The smallest absolute Gasteiger partial charge is 0.232 e. The number of hydrogen-bond acceptors (Lipinski definition) is 5. The Balaban J connectivity index is 1.41. The molecule has 0 spiro atoms. The fraction of sp³-hybridized carbons (Fsp3) is 0.353. The summed E-state index contributed by atoms with van der Waals surface area (Å²) in [5.74, 6) is 0.911. The van der Waals surface area contributed by atoms with Crippen LogP contribution in [0, 0.1) is 6.92 Å². The van der Waals surface area contributed by atoms with Gasteiger partial charge in [0.25, 0.3) is 0 Å². The first-order chi connectivity index (χ1) is 11.5. The van der Waals surface area contributed by atoms with Crippen LogP contribution in [0.1, 0.15) is 12.0 Å². The Morgan fingerprint density at radius 2 is 2.04 bits per heavy atom. The summed E-state index contributed by atoms with van der Waals surface area (Å²) in [5, 5.41) is 0.361. The maximum absolute atomic E-state index is 12.1. The molecule has 0 bridgehead atoms. The summed E-state index contributed by atoms with van der Waals surface area (Å²) in [4.78, 5) is 4.66. The molecule has 1 aliphatic heterocycles. The van der Waals surface area contributed by atoms with Gasteiger partial charge in [-0.1, -0.05) is 35.9 Å². The second kappa shape index (κ2) is 7.80. The largest absolute Gasteiger partial charge is 0.284 e. The van der Waals surface area contributed by atoms with Gasteiger partial charge in [0.15, 0.2) is 0 Å². The molecule has 1 aromatic carbocycles. The number of fused-ring (bicyclic) bond motifs is 1. The van der Waals surface area contributed by atoms with Crippen molar-refractivity contribution in [2.24, 2.45) is 4.99 Å². The number of nitrogens with zero attached hydrogens (tertiary/aromatic N) is 1. The highest BCUT2D eigenvalue weighted by molar-refractivity contribution is 8.18. The molecule has 0 aromatic heterocycles. The van der Waals surface area contributed by atoms with E-state index in [4.69, 9.17) is 0 Å². The van der Waals surface area contributed by atoms with Gasteiger partial charge in [0, 0.05) is 5.69 Å². The van der Waals surface area contributed by atoms with Crippen molar-refractivity contribution in [1.29, 1.82) is 0 Å². The fourth-order valence-electron chi connectivity index (χ4n) is 2.38. The van der Waals surface area contributed by atoms with E-state index in [1.54, 1.807) is 23.9 Å². The van der Waals surface area contributed by atoms with Crippen molar-refractivity contribution in [3.05, 3.63) is 54.1 Å². The fourth-order valence-corrected chi connectivity index (χ4v) is 6.25. The van der Waals surface area contributed by atoms with Crippen molar-refractivity contribution in [2.75, 3.05) is 16.2 Å². The van der Waals surface area contributed by atoms with Crippen molar-refractivity contribution >= 4 is 44.9 Å². The Kier molecular flexibility index (Phi) is 5.73. The average molecular weight is 381 g/mol. The standard InChI is InChI=1S/C17H20N2O2S3/c1-13-7-9-14(10-8-13)19-24(20,21)12-4-11-22-17-18-15-5-2-3-6-16(15)23-17/h2-3,5-10,16-17,19H,4,11-12H2,1H3. The van der Waals surface area contributed by atoms with Gasteiger partial charge in [-0.25, -0.2) is 8.42 Å². The molecule has 1 aliphatic carbocycles. The molecule has 0 fully saturated rings. The molecular weight excluding hydrogens is 360 g/mol. The zero-order valence-electron chi connectivity index (χ0n) is 13.4. The number of nitrogens with one attached hydrogen (secondary N) is 1. The van der Waals surface area contributed by atoms with E-state index in [-0.39, 0.29) is 10.5 Å². The Morgan fingerprint density at radius 3 is 2.79 bits per heavy atom. The van der Waals surface area contributed by atoms with Crippen LogP contribution in [0.3, 0.4) is 0 Å². The van der Waals surface area contributed by atoms with Crippen LogP contribution >= 0.6 is 23.5 Å². The topological polar surface area (TPSA) is 58.5 Å². The molecule has 1 heterocycles. The molecular formula is C17H20N2O2S3. The van der Waals surface area contributed by atoms with Gasteiger partial charge >= 0.3 is 0 Å². The molecule has 0 saturated carbocycles. The van der Waals surface area contributed by atoms with E-state index >= 15 is 0 Å². The third-order valence-electron chi connectivity index (χ3n) is 3.62. The van der Waals surface area contributed by atoms with Crippen LogP contribution in [0.5, 0.6) is 0 Å². The molecule has 0 radical (unpaired) electrons. The summed E-state index contributed by atoms with van der Waals surface area (Å²) >= 11 is 3.53. The quantitative estimate of drug-likeness (QED) is 0.731. The average Bonchev–Trinajstić information content (AvgIpc) is 2.96. The highest BCUT2D eigenvalue weighted by atomic mass is 32.2. The predicted molar refractivity (Wildman–Crippen MR) is 107 cm³/mol. The van der Waals surface area contributed by atoms with Gasteiger partial charge in [0.05, 0.1) is 16.7 Å². The van der Waals surface area contributed by atoms with Gasteiger partial charge in [-0.2, -0.15) is 0 Å². The number of benzene rings is 1. The van der Waals surface area contributed by atoms with Gasteiger partial charge < -0.3 is 0 Å². The minimum atomic E-state index is -3.29. The van der Waals surface area contributed by atoms with E-state index in [0.29, 0.717) is 17.4 Å². The number of allylic oxidation sites excluding steroid dienone is 3.